The van der Waals surface area contributed by atoms with E-state index in [0.29, 0.717) is 32.1 Å². The Morgan fingerprint density at radius 3 is 1.51 bits per heavy atom. The standard InChI is InChI=1S/C20H16Cl2N2O4S.C19H16ClN3O4S/c21-14-5-3-6-16(11-14)28-18-9-8-15(12-19(18)29(23,26)27)24-20(25)10-13-4-1-2-7-17(13)22;20-14-2-1-3-16(11-14)27-17-5-4-15(12-18(17)28(21,25)26)23-19(24)10-13-6-8-22-9-7-13/h1-9,11-12H,10H2,(H,24,25)(H2,23,26,27);1-9,11-12H,10H2,(H,23,24)(H2,21,25,26). The highest BCUT2D eigenvalue weighted by Crippen LogP contribution is 2.33. The minimum atomic E-state index is -4.12. The van der Waals surface area contributed by atoms with E-state index in [-0.39, 0.29) is 57.3 Å². The topological polar surface area (TPSA) is 210 Å². The summed E-state index contributed by atoms with van der Waals surface area (Å²) in [6.45, 7) is 0. The molecule has 2 amide bonds. The Bertz CT molecular complexity index is 2640. The summed E-state index contributed by atoms with van der Waals surface area (Å²) in [6, 6.07) is 31.7. The molecule has 0 bridgehead atoms. The quantitative estimate of drug-likeness (QED) is 0.0939. The number of hydrogen-bond donors (Lipinski definition) is 4. The molecule has 5 aromatic carbocycles. The van der Waals surface area contributed by atoms with Crippen LogP contribution < -0.4 is 30.4 Å². The molecule has 0 unspecified atom stereocenters. The Labute approximate surface area is 343 Å². The molecule has 0 aliphatic carbocycles. The van der Waals surface area contributed by atoms with Crippen LogP contribution in [-0.4, -0.2) is 33.6 Å². The summed E-state index contributed by atoms with van der Waals surface area (Å²) in [4.78, 5) is 27.9. The number of carbonyl (C=O) groups is 2. The highest BCUT2D eigenvalue weighted by atomic mass is 35.5. The first kappa shape index (κ1) is 42.6. The van der Waals surface area contributed by atoms with Crippen molar-refractivity contribution in [3.63, 3.8) is 0 Å². The van der Waals surface area contributed by atoms with Gasteiger partial charge in [0.05, 0.1) is 12.8 Å². The van der Waals surface area contributed by atoms with Gasteiger partial charge in [-0.25, -0.2) is 27.1 Å². The molecule has 1 heterocycles. The van der Waals surface area contributed by atoms with Gasteiger partial charge in [0.15, 0.2) is 0 Å². The van der Waals surface area contributed by atoms with Gasteiger partial charge in [0.2, 0.25) is 31.9 Å². The van der Waals surface area contributed by atoms with Crippen LogP contribution in [0.5, 0.6) is 23.0 Å². The molecule has 13 nitrogen and oxygen atoms in total. The van der Waals surface area contributed by atoms with Crippen LogP contribution in [0.1, 0.15) is 11.1 Å². The number of amides is 2. The Hall–Kier alpha value is -5.52. The van der Waals surface area contributed by atoms with Gasteiger partial charge in [-0.3, -0.25) is 14.6 Å². The molecule has 0 spiro atoms. The molecule has 18 heteroatoms. The van der Waals surface area contributed by atoms with Crippen molar-refractivity contribution < 1.29 is 35.9 Å². The fourth-order valence-corrected chi connectivity index (χ4v) is 6.94. The molecule has 0 atom stereocenters. The van der Waals surface area contributed by atoms with E-state index < -0.39 is 20.0 Å². The van der Waals surface area contributed by atoms with E-state index in [1.165, 1.54) is 42.5 Å². The summed E-state index contributed by atoms with van der Waals surface area (Å²) < 4.78 is 59.3. The van der Waals surface area contributed by atoms with Gasteiger partial charge in [-0.2, -0.15) is 0 Å². The predicted octanol–water partition coefficient (Wildman–Crippen LogP) is 7.97. The molecule has 1 aromatic heterocycles. The Kier molecular flexibility index (Phi) is 14.3. The number of primary sulfonamides is 2. The van der Waals surface area contributed by atoms with Crippen molar-refractivity contribution >= 4 is 78.0 Å². The number of halogens is 3. The molecule has 294 valence electrons. The minimum Gasteiger partial charge on any atom is -0.456 e. The normalized spacial score (nSPS) is 11.1. The maximum absolute atomic E-state index is 12.3. The molecule has 6 rings (SSSR count). The number of hydrogen-bond acceptors (Lipinski definition) is 9. The van der Waals surface area contributed by atoms with Crippen LogP contribution in [0.15, 0.2) is 144 Å². The van der Waals surface area contributed by atoms with E-state index in [1.54, 1.807) is 91.3 Å². The Morgan fingerprint density at radius 1 is 0.579 bits per heavy atom. The summed E-state index contributed by atoms with van der Waals surface area (Å²) in [5, 5.41) is 17.3. The van der Waals surface area contributed by atoms with Crippen LogP contribution in [0.4, 0.5) is 11.4 Å². The maximum atomic E-state index is 12.3. The van der Waals surface area contributed by atoms with Crippen molar-refractivity contribution in [2.75, 3.05) is 10.6 Å². The number of ether oxygens (including phenoxy) is 2. The van der Waals surface area contributed by atoms with Crippen LogP contribution in [0.25, 0.3) is 0 Å². The average molecular weight is 869 g/mol. The number of nitrogens with one attached hydrogen (secondary N) is 2. The maximum Gasteiger partial charge on any atom is 0.241 e. The molecule has 0 aliphatic heterocycles. The highest BCUT2D eigenvalue weighted by Gasteiger charge is 2.20. The van der Waals surface area contributed by atoms with Gasteiger partial charge in [-0.05, 0) is 102 Å². The number of pyridine rings is 1. The van der Waals surface area contributed by atoms with Crippen molar-refractivity contribution in [2.24, 2.45) is 10.3 Å². The van der Waals surface area contributed by atoms with Crippen molar-refractivity contribution in [3.05, 3.63) is 160 Å². The van der Waals surface area contributed by atoms with Crippen molar-refractivity contribution in [1.29, 1.82) is 0 Å². The largest absolute Gasteiger partial charge is 0.456 e. The van der Waals surface area contributed by atoms with Crippen LogP contribution in [0.2, 0.25) is 15.1 Å². The van der Waals surface area contributed by atoms with Crippen molar-refractivity contribution in [3.8, 4) is 23.0 Å². The zero-order valence-corrected chi connectivity index (χ0v) is 33.3. The van der Waals surface area contributed by atoms with Gasteiger partial charge in [-0.1, -0.05) is 65.1 Å². The third-order valence-electron chi connectivity index (χ3n) is 7.54. The molecule has 0 fully saturated rings. The molecule has 0 saturated heterocycles. The Morgan fingerprint density at radius 2 is 1.05 bits per heavy atom. The van der Waals surface area contributed by atoms with Gasteiger partial charge >= 0.3 is 0 Å². The lowest BCUT2D eigenvalue weighted by Crippen LogP contribution is -2.17. The molecule has 0 radical (unpaired) electrons. The monoisotopic (exact) mass is 867 g/mol. The average Bonchev–Trinajstić information content (AvgIpc) is 3.14. The number of carbonyl (C=O) groups excluding carboxylic acids is 2. The van der Waals surface area contributed by atoms with Crippen molar-refractivity contribution in [2.45, 2.75) is 22.6 Å². The summed E-state index contributed by atoms with van der Waals surface area (Å²) in [7, 11) is -8.22. The lowest BCUT2D eigenvalue weighted by molar-refractivity contribution is -0.116. The number of sulfonamides is 2. The van der Waals surface area contributed by atoms with Crippen LogP contribution >= 0.6 is 34.8 Å². The lowest BCUT2D eigenvalue weighted by atomic mass is 10.1. The molecule has 57 heavy (non-hydrogen) atoms. The summed E-state index contributed by atoms with van der Waals surface area (Å²) in [6.07, 6.45) is 3.33. The second kappa shape index (κ2) is 19.1. The van der Waals surface area contributed by atoms with Gasteiger partial charge in [0, 0.05) is 38.8 Å². The number of nitrogens with two attached hydrogens (primary N) is 2. The van der Waals surface area contributed by atoms with Gasteiger partial charge in [0.1, 0.15) is 32.8 Å². The van der Waals surface area contributed by atoms with Crippen molar-refractivity contribution in [1.82, 2.24) is 4.98 Å². The van der Waals surface area contributed by atoms with Crippen LogP contribution in [0.3, 0.4) is 0 Å². The first-order valence-corrected chi connectivity index (χ1v) is 20.7. The number of rotatable bonds is 12. The highest BCUT2D eigenvalue weighted by molar-refractivity contribution is 7.89. The summed E-state index contributed by atoms with van der Waals surface area (Å²) in [5.41, 5.74) is 1.96. The first-order valence-electron chi connectivity index (χ1n) is 16.5. The van der Waals surface area contributed by atoms with E-state index in [4.69, 9.17) is 54.6 Å². The smallest absolute Gasteiger partial charge is 0.241 e. The zero-order valence-electron chi connectivity index (χ0n) is 29.4. The van der Waals surface area contributed by atoms with Crippen LogP contribution in [-0.2, 0) is 42.5 Å². The number of anilines is 2. The summed E-state index contributed by atoms with van der Waals surface area (Å²) >= 11 is 17.9. The number of benzene rings is 5. The summed E-state index contributed by atoms with van der Waals surface area (Å²) in [5.74, 6) is 0.0672. The fourth-order valence-electron chi connectivity index (χ4n) is 5.01. The molecular formula is C39H32Cl3N5O8S2. The van der Waals surface area contributed by atoms with E-state index >= 15 is 0 Å². The first-order chi connectivity index (χ1) is 27.0. The molecule has 6 aromatic rings. The minimum absolute atomic E-state index is 0.0128. The molecule has 6 N–H and O–H groups in total. The predicted molar refractivity (Wildman–Crippen MR) is 219 cm³/mol. The number of aromatic nitrogens is 1. The van der Waals surface area contributed by atoms with Gasteiger partial charge < -0.3 is 20.1 Å². The SMILES string of the molecule is NS(=O)(=O)c1cc(NC(=O)Cc2ccccc2Cl)ccc1Oc1cccc(Cl)c1.NS(=O)(=O)c1cc(NC(=O)Cc2ccncc2)ccc1Oc1cccc(Cl)c1. The van der Waals surface area contributed by atoms with Crippen LogP contribution in [0, 0.1) is 0 Å². The van der Waals surface area contributed by atoms with Gasteiger partial charge in [0.25, 0.3) is 0 Å². The van der Waals surface area contributed by atoms with E-state index in [1.807, 2.05) is 0 Å². The Balaban J connectivity index is 0.000000218. The lowest BCUT2D eigenvalue weighted by Gasteiger charge is -2.13. The van der Waals surface area contributed by atoms with E-state index in [2.05, 4.69) is 15.6 Å². The molecule has 0 saturated carbocycles. The third kappa shape index (κ3) is 13.0. The second-order valence-electron chi connectivity index (χ2n) is 11.9. The van der Waals surface area contributed by atoms with Gasteiger partial charge in [-0.15, -0.1) is 0 Å². The van der Waals surface area contributed by atoms with E-state index in [9.17, 15) is 26.4 Å². The second-order valence-corrected chi connectivity index (χ2v) is 16.3. The third-order valence-corrected chi connectivity index (χ3v) is 10.2. The van der Waals surface area contributed by atoms with E-state index in [0.717, 1.165) is 5.56 Å². The zero-order chi connectivity index (χ0) is 41.2. The molecule has 0 aliphatic rings. The molecular weight excluding hydrogens is 837 g/mol. The number of nitrogens with zero attached hydrogens (tertiary/aromatic N) is 1. The fraction of sp³-hybridized carbons (Fsp3) is 0.0513.